The number of nitrogens with zero attached hydrogens (tertiary/aromatic N) is 3. The fraction of sp³-hybridized carbons (Fsp3) is 0.692. The molecule has 0 amide bonds. The fourth-order valence-corrected chi connectivity index (χ4v) is 3.58. The van der Waals surface area contributed by atoms with Gasteiger partial charge in [-0.3, -0.25) is 0 Å². The quantitative estimate of drug-likeness (QED) is 0.685. The molecule has 2 heterocycles. The van der Waals surface area contributed by atoms with Crippen LogP contribution in [0.15, 0.2) is 11.2 Å². The topological polar surface area (TPSA) is 38.2 Å². The largest absolute Gasteiger partial charge is 0.377 e. The smallest absolute Gasteiger partial charge is 0.186 e. The summed E-state index contributed by atoms with van der Waals surface area (Å²) in [6.07, 6.45) is 4.57. The molecule has 1 atom stereocenters. The number of hydrogen-bond acceptors (Lipinski definition) is 6. The van der Waals surface area contributed by atoms with Crippen LogP contribution in [-0.2, 0) is 9.48 Å². The van der Waals surface area contributed by atoms with Crippen LogP contribution in [0.4, 0.5) is 5.82 Å². The van der Waals surface area contributed by atoms with E-state index in [1.807, 2.05) is 11.8 Å². The fourth-order valence-electron chi connectivity index (χ4n) is 2.55. The summed E-state index contributed by atoms with van der Waals surface area (Å²) < 4.78 is 5.70. The molecule has 104 valence electrons. The SMILES string of the molecule is CSC1(c2cc(N3CCOCC3C)nc(S)n2)CC1. The minimum absolute atomic E-state index is 0.213. The second kappa shape index (κ2) is 5.14. The maximum Gasteiger partial charge on any atom is 0.186 e. The zero-order chi connectivity index (χ0) is 13.5. The molecule has 2 fully saturated rings. The van der Waals surface area contributed by atoms with Gasteiger partial charge in [-0.25, -0.2) is 9.97 Å². The number of ether oxygens (including phenoxy) is 1. The Balaban J connectivity index is 1.93. The number of thioether (sulfide) groups is 1. The molecule has 0 spiro atoms. The van der Waals surface area contributed by atoms with E-state index in [2.05, 4.69) is 46.7 Å². The molecule has 1 aromatic rings. The van der Waals surface area contributed by atoms with Gasteiger partial charge < -0.3 is 9.64 Å². The molecule has 1 saturated carbocycles. The molecule has 0 aromatic carbocycles. The Labute approximate surface area is 123 Å². The van der Waals surface area contributed by atoms with Crippen molar-refractivity contribution >= 4 is 30.2 Å². The highest BCUT2D eigenvalue weighted by atomic mass is 32.2. The van der Waals surface area contributed by atoms with Gasteiger partial charge in [0, 0.05) is 12.6 Å². The van der Waals surface area contributed by atoms with Gasteiger partial charge >= 0.3 is 0 Å². The molecular formula is C13H19N3OS2. The van der Waals surface area contributed by atoms with Gasteiger partial charge in [-0.2, -0.15) is 11.8 Å². The van der Waals surface area contributed by atoms with Crippen molar-refractivity contribution in [2.24, 2.45) is 0 Å². The monoisotopic (exact) mass is 297 g/mol. The number of aromatic nitrogens is 2. The lowest BCUT2D eigenvalue weighted by Crippen LogP contribution is -2.44. The molecule has 1 saturated heterocycles. The summed E-state index contributed by atoms with van der Waals surface area (Å²) in [5, 5.41) is 0.575. The molecule has 0 radical (unpaired) electrons. The molecule has 6 heteroatoms. The van der Waals surface area contributed by atoms with E-state index >= 15 is 0 Å². The van der Waals surface area contributed by atoms with Gasteiger partial charge in [0.15, 0.2) is 5.16 Å². The first-order valence-electron chi connectivity index (χ1n) is 6.63. The van der Waals surface area contributed by atoms with Crippen LogP contribution in [0, 0.1) is 0 Å². The first-order chi connectivity index (χ1) is 9.14. The van der Waals surface area contributed by atoms with Crippen LogP contribution in [0.3, 0.4) is 0 Å². The summed E-state index contributed by atoms with van der Waals surface area (Å²) in [6, 6.07) is 2.50. The van der Waals surface area contributed by atoms with E-state index in [1.54, 1.807) is 0 Å². The van der Waals surface area contributed by atoms with Crippen LogP contribution in [0.25, 0.3) is 0 Å². The van der Waals surface area contributed by atoms with Gasteiger partial charge in [0.2, 0.25) is 0 Å². The average molecular weight is 297 g/mol. The Kier molecular flexibility index (Phi) is 3.66. The normalized spacial score (nSPS) is 25.4. The second-order valence-electron chi connectivity index (χ2n) is 5.23. The Hall–Kier alpha value is -0.460. The lowest BCUT2D eigenvalue weighted by molar-refractivity contribution is 0.0984. The Morgan fingerprint density at radius 2 is 2.26 bits per heavy atom. The first-order valence-corrected chi connectivity index (χ1v) is 8.30. The van der Waals surface area contributed by atoms with Gasteiger partial charge in [-0.05, 0) is 26.0 Å². The van der Waals surface area contributed by atoms with Gasteiger partial charge in [0.25, 0.3) is 0 Å². The molecule has 19 heavy (non-hydrogen) atoms. The Morgan fingerprint density at radius 1 is 1.47 bits per heavy atom. The van der Waals surface area contributed by atoms with Crippen molar-refractivity contribution in [3.63, 3.8) is 0 Å². The lowest BCUT2D eigenvalue weighted by atomic mass is 10.2. The number of anilines is 1. The van der Waals surface area contributed by atoms with Crippen LogP contribution in [0.1, 0.15) is 25.5 Å². The summed E-state index contributed by atoms with van der Waals surface area (Å²) in [5.41, 5.74) is 1.13. The molecular weight excluding hydrogens is 278 g/mol. The molecule has 1 aromatic heterocycles. The van der Waals surface area contributed by atoms with E-state index in [4.69, 9.17) is 4.74 Å². The molecule has 1 unspecified atom stereocenters. The van der Waals surface area contributed by atoms with Crippen molar-refractivity contribution < 1.29 is 4.74 Å². The Bertz CT molecular complexity index is 479. The molecule has 1 aliphatic heterocycles. The third kappa shape index (κ3) is 2.58. The summed E-state index contributed by atoms with van der Waals surface area (Å²) in [7, 11) is 0. The summed E-state index contributed by atoms with van der Waals surface area (Å²) in [6.45, 7) is 4.58. The average Bonchev–Trinajstić information content (AvgIpc) is 3.19. The Morgan fingerprint density at radius 3 is 2.89 bits per heavy atom. The van der Waals surface area contributed by atoms with Crippen LogP contribution < -0.4 is 4.90 Å². The number of rotatable bonds is 3. The van der Waals surface area contributed by atoms with Crippen LogP contribution >= 0.6 is 24.4 Å². The minimum atomic E-state index is 0.213. The van der Waals surface area contributed by atoms with Crippen molar-refractivity contribution in [3.05, 3.63) is 11.8 Å². The molecule has 4 nitrogen and oxygen atoms in total. The van der Waals surface area contributed by atoms with Crippen molar-refractivity contribution in [2.45, 2.75) is 35.7 Å². The highest BCUT2D eigenvalue weighted by molar-refractivity contribution is 7.99. The van der Waals surface area contributed by atoms with Crippen LogP contribution in [0.5, 0.6) is 0 Å². The highest BCUT2D eigenvalue weighted by Gasteiger charge is 2.45. The van der Waals surface area contributed by atoms with Crippen molar-refractivity contribution in [2.75, 3.05) is 30.9 Å². The maximum atomic E-state index is 5.49. The molecule has 0 bridgehead atoms. The maximum absolute atomic E-state index is 5.49. The van der Waals surface area contributed by atoms with E-state index in [9.17, 15) is 0 Å². The summed E-state index contributed by atoms with van der Waals surface area (Å²) >= 11 is 6.27. The van der Waals surface area contributed by atoms with Crippen molar-refractivity contribution in [1.82, 2.24) is 9.97 Å². The van der Waals surface area contributed by atoms with E-state index in [1.165, 1.54) is 12.8 Å². The summed E-state index contributed by atoms with van der Waals surface area (Å²) in [5.74, 6) is 0.992. The standard InChI is InChI=1S/C13H19N3OS2/c1-9-8-17-6-5-16(9)11-7-10(14-12(18)15-11)13(19-2)3-4-13/h7,9H,3-6,8H2,1-2H3,(H,14,15,18). The number of morpholine rings is 1. The van der Waals surface area contributed by atoms with Gasteiger partial charge in [0.1, 0.15) is 5.82 Å². The van der Waals surface area contributed by atoms with Gasteiger partial charge in [-0.15, -0.1) is 12.6 Å². The zero-order valence-corrected chi connectivity index (χ0v) is 13.0. The highest BCUT2D eigenvalue weighted by Crippen LogP contribution is 2.55. The molecule has 0 N–H and O–H groups in total. The molecule has 3 rings (SSSR count). The van der Waals surface area contributed by atoms with E-state index in [0.29, 0.717) is 11.2 Å². The van der Waals surface area contributed by atoms with Crippen molar-refractivity contribution in [3.8, 4) is 0 Å². The van der Waals surface area contributed by atoms with E-state index < -0.39 is 0 Å². The predicted molar refractivity (Wildman–Crippen MR) is 81.3 cm³/mol. The third-order valence-electron chi connectivity index (χ3n) is 3.92. The first kappa shape index (κ1) is 13.5. The van der Waals surface area contributed by atoms with Crippen molar-refractivity contribution in [1.29, 1.82) is 0 Å². The van der Waals surface area contributed by atoms with Gasteiger partial charge in [-0.1, -0.05) is 0 Å². The van der Waals surface area contributed by atoms with E-state index in [-0.39, 0.29) is 4.75 Å². The predicted octanol–water partition coefficient (Wildman–Crippen LogP) is 2.34. The molecule has 1 aliphatic carbocycles. The van der Waals surface area contributed by atoms with Crippen LogP contribution in [0.2, 0.25) is 0 Å². The molecule has 2 aliphatic rings. The van der Waals surface area contributed by atoms with Crippen LogP contribution in [-0.4, -0.2) is 42.0 Å². The summed E-state index contributed by atoms with van der Waals surface area (Å²) in [4.78, 5) is 11.3. The zero-order valence-electron chi connectivity index (χ0n) is 11.3. The third-order valence-corrected chi connectivity index (χ3v) is 5.52. The number of thiol groups is 1. The minimum Gasteiger partial charge on any atom is -0.377 e. The second-order valence-corrected chi connectivity index (χ2v) is 6.82. The lowest BCUT2D eigenvalue weighted by Gasteiger charge is -2.34. The van der Waals surface area contributed by atoms with Gasteiger partial charge in [0.05, 0.1) is 29.7 Å². The van der Waals surface area contributed by atoms with E-state index in [0.717, 1.165) is 31.3 Å². The number of hydrogen-bond donors (Lipinski definition) is 1.